The van der Waals surface area contributed by atoms with Crippen LogP contribution in [-0.2, 0) is 13.5 Å². The number of pyridine rings is 1. The largest absolute Gasteiger partial charge is 0.212 e. The summed E-state index contributed by atoms with van der Waals surface area (Å²) in [5.74, 6) is 0.796. The highest BCUT2D eigenvalue weighted by Crippen LogP contribution is 2.22. The smallest absolute Gasteiger partial charge is 0.201 e. The van der Waals surface area contributed by atoms with Crippen LogP contribution in [0.5, 0.6) is 0 Å². The fourth-order valence-corrected chi connectivity index (χ4v) is 5.28. The molecule has 0 saturated carbocycles. The summed E-state index contributed by atoms with van der Waals surface area (Å²) in [5, 5.41) is 1.63. The minimum absolute atomic E-state index is 0.796. The highest BCUT2D eigenvalue weighted by Gasteiger charge is 2.26. The third-order valence-electron chi connectivity index (χ3n) is 5.25. The Labute approximate surface area is 149 Å². The van der Waals surface area contributed by atoms with Crippen molar-refractivity contribution in [1.29, 1.82) is 0 Å². The molecule has 0 N–H and O–H groups in total. The van der Waals surface area contributed by atoms with Crippen LogP contribution in [0.15, 0.2) is 36.5 Å². The topological polar surface area (TPSA) is 3.88 Å². The molecule has 2 aromatic rings. The predicted octanol–water partition coefficient (Wildman–Crippen LogP) is 5.01. The predicted molar refractivity (Wildman–Crippen MR) is 109 cm³/mol. The zero-order valence-corrected chi connectivity index (χ0v) is 17.6. The molecule has 0 aliphatic carbocycles. The molecule has 1 aromatic heterocycles. The lowest BCUT2D eigenvalue weighted by Gasteiger charge is -2.23. The van der Waals surface area contributed by atoms with Gasteiger partial charge in [0.25, 0.3) is 0 Å². The molecule has 2 heteroatoms. The lowest BCUT2D eigenvalue weighted by atomic mass is 9.94. The van der Waals surface area contributed by atoms with E-state index >= 15 is 0 Å². The van der Waals surface area contributed by atoms with Crippen molar-refractivity contribution < 1.29 is 4.57 Å². The summed E-state index contributed by atoms with van der Waals surface area (Å²) in [6.45, 7) is 14.3. The number of benzene rings is 1. The van der Waals surface area contributed by atoms with E-state index < -0.39 is 8.07 Å². The standard InChI is InChI=1S/C22H34NSi/c1-8-18(9-2)14-19-16-23(4)21(15-22(19)24(5,6)7)20-13-11-10-12-17(20)3/h10-13,15-16,18H,8-9,14H2,1-7H3/q+1. The van der Waals surface area contributed by atoms with Gasteiger partial charge in [0, 0.05) is 17.2 Å². The van der Waals surface area contributed by atoms with E-state index in [2.05, 4.69) is 88.6 Å². The summed E-state index contributed by atoms with van der Waals surface area (Å²) in [6, 6.07) is 11.2. The monoisotopic (exact) mass is 340 g/mol. The van der Waals surface area contributed by atoms with Gasteiger partial charge in [-0.1, -0.05) is 64.5 Å². The van der Waals surface area contributed by atoms with Gasteiger partial charge in [-0.3, -0.25) is 0 Å². The van der Waals surface area contributed by atoms with Crippen molar-refractivity contribution in [1.82, 2.24) is 0 Å². The van der Waals surface area contributed by atoms with E-state index in [1.807, 2.05) is 0 Å². The molecule has 2 rings (SSSR count). The lowest BCUT2D eigenvalue weighted by molar-refractivity contribution is -0.660. The molecule has 0 atom stereocenters. The molecule has 0 radical (unpaired) electrons. The molecular formula is C22H34NSi+. The first-order chi connectivity index (χ1) is 11.3. The Hall–Kier alpha value is -1.41. The van der Waals surface area contributed by atoms with Gasteiger partial charge >= 0.3 is 0 Å². The molecule has 130 valence electrons. The molecule has 1 aromatic carbocycles. The second-order valence-corrected chi connectivity index (χ2v) is 13.2. The van der Waals surface area contributed by atoms with E-state index in [0.717, 1.165) is 5.92 Å². The molecule has 0 spiro atoms. The summed E-state index contributed by atoms with van der Waals surface area (Å²) >= 11 is 0. The summed E-state index contributed by atoms with van der Waals surface area (Å²) < 4.78 is 2.34. The van der Waals surface area contributed by atoms with Gasteiger partial charge in [-0.15, -0.1) is 0 Å². The highest BCUT2D eigenvalue weighted by atomic mass is 28.3. The second-order valence-electron chi connectivity index (χ2n) is 8.16. The van der Waals surface area contributed by atoms with Gasteiger partial charge in [-0.05, 0) is 36.1 Å². The van der Waals surface area contributed by atoms with Crippen LogP contribution in [0.25, 0.3) is 11.3 Å². The third-order valence-corrected chi connectivity index (χ3v) is 7.33. The van der Waals surface area contributed by atoms with Gasteiger partial charge in [-0.2, -0.15) is 0 Å². The van der Waals surface area contributed by atoms with Crippen LogP contribution in [0.2, 0.25) is 19.6 Å². The van der Waals surface area contributed by atoms with Crippen molar-refractivity contribution in [3.8, 4) is 11.3 Å². The van der Waals surface area contributed by atoms with Gasteiger partial charge in [0.2, 0.25) is 5.69 Å². The van der Waals surface area contributed by atoms with Gasteiger partial charge < -0.3 is 0 Å². The summed E-state index contributed by atoms with van der Waals surface area (Å²) in [4.78, 5) is 0. The Morgan fingerprint density at radius 1 is 1.04 bits per heavy atom. The average Bonchev–Trinajstić information content (AvgIpc) is 2.52. The summed E-state index contributed by atoms with van der Waals surface area (Å²) in [5.41, 5.74) is 5.62. The van der Waals surface area contributed by atoms with E-state index in [4.69, 9.17) is 0 Å². The molecule has 0 fully saturated rings. The number of rotatable bonds is 6. The first-order valence-corrected chi connectivity index (χ1v) is 12.9. The maximum absolute atomic E-state index is 2.49. The Balaban J connectivity index is 2.60. The molecule has 0 amide bonds. The van der Waals surface area contributed by atoms with Crippen LogP contribution in [0.3, 0.4) is 0 Å². The average molecular weight is 341 g/mol. The normalized spacial score (nSPS) is 12.0. The fourth-order valence-electron chi connectivity index (χ4n) is 3.58. The number of nitrogens with zero attached hydrogens (tertiary/aromatic N) is 1. The molecule has 0 saturated heterocycles. The van der Waals surface area contributed by atoms with Crippen molar-refractivity contribution in [2.24, 2.45) is 13.0 Å². The fraction of sp³-hybridized carbons (Fsp3) is 0.500. The minimum Gasteiger partial charge on any atom is -0.201 e. The summed E-state index contributed by atoms with van der Waals surface area (Å²) in [6.07, 6.45) is 6.16. The number of aromatic nitrogens is 1. The molecular weight excluding hydrogens is 306 g/mol. The quantitative estimate of drug-likeness (QED) is 0.514. The van der Waals surface area contributed by atoms with Crippen LogP contribution in [0, 0.1) is 12.8 Å². The van der Waals surface area contributed by atoms with Crippen molar-refractivity contribution >= 4 is 13.3 Å². The Morgan fingerprint density at radius 3 is 2.21 bits per heavy atom. The van der Waals surface area contributed by atoms with E-state index in [0.29, 0.717) is 0 Å². The van der Waals surface area contributed by atoms with E-state index in [-0.39, 0.29) is 0 Å². The van der Waals surface area contributed by atoms with Crippen LogP contribution in [0.4, 0.5) is 0 Å². The minimum atomic E-state index is -1.39. The Bertz CT molecular complexity index is 694. The summed E-state index contributed by atoms with van der Waals surface area (Å²) in [7, 11) is 0.812. The molecule has 24 heavy (non-hydrogen) atoms. The van der Waals surface area contributed by atoms with Crippen LogP contribution >= 0.6 is 0 Å². The molecule has 1 heterocycles. The first-order valence-electron chi connectivity index (χ1n) is 9.36. The Kier molecular flexibility index (Phi) is 6.03. The van der Waals surface area contributed by atoms with E-state index in [1.165, 1.54) is 36.1 Å². The SMILES string of the molecule is CCC(CC)Cc1c[n+](C)c(-c2ccccc2C)cc1[Si](C)(C)C. The molecule has 0 aliphatic heterocycles. The highest BCUT2D eigenvalue weighted by molar-refractivity contribution is 6.89. The lowest BCUT2D eigenvalue weighted by Crippen LogP contribution is -2.45. The molecule has 1 nitrogen and oxygen atoms in total. The molecule has 0 unspecified atom stereocenters. The van der Waals surface area contributed by atoms with E-state index in [1.54, 1.807) is 10.8 Å². The van der Waals surface area contributed by atoms with Gasteiger partial charge in [0.05, 0.1) is 8.07 Å². The first kappa shape index (κ1) is 18.9. The van der Waals surface area contributed by atoms with Crippen LogP contribution in [-0.4, -0.2) is 8.07 Å². The van der Waals surface area contributed by atoms with Crippen LogP contribution < -0.4 is 9.75 Å². The van der Waals surface area contributed by atoms with Crippen molar-refractivity contribution in [3.63, 3.8) is 0 Å². The number of hydrogen-bond donors (Lipinski definition) is 0. The molecule has 0 aliphatic rings. The van der Waals surface area contributed by atoms with Gasteiger partial charge in [-0.25, -0.2) is 4.57 Å². The number of hydrogen-bond acceptors (Lipinski definition) is 0. The number of aryl methyl sites for hydroxylation is 2. The second kappa shape index (κ2) is 7.65. The van der Waals surface area contributed by atoms with Crippen LogP contribution in [0.1, 0.15) is 37.8 Å². The Morgan fingerprint density at radius 2 is 1.67 bits per heavy atom. The van der Waals surface area contributed by atoms with Gasteiger partial charge in [0.1, 0.15) is 7.05 Å². The van der Waals surface area contributed by atoms with Crippen molar-refractivity contribution in [2.75, 3.05) is 0 Å². The maximum Gasteiger partial charge on any atom is 0.212 e. The van der Waals surface area contributed by atoms with Gasteiger partial charge in [0.15, 0.2) is 6.20 Å². The third kappa shape index (κ3) is 4.16. The molecule has 0 bridgehead atoms. The van der Waals surface area contributed by atoms with Crippen molar-refractivity contribution in [3.05, 3.63) is 47.7 Å². The maximum atomic E-state index is 2.49. The van der Waals surface area contributed by atoms with Crippen molar-refractivity contribution in [2.45, 2.75) is 59.7 Å². The zero-order valence-electron chi connectivity index (χ0n) is 16.6. The zero-order chi connectivity index (χ0) is 17.9. The van der Waals surface area contributed by atoms with E-state index in [9.17, 15) is 0 Å².